The van der Waals surface area contributed by atoms with E-state index in [0.29, 0.717) is 33.9 Å². The molecule has 7 nitrogen and oxygen atoms in total. The highest BCUT2D eigenvalue weighted by atomic mass is 16.6. The second-order valence-electron chi connectivity index (χ2n) is 7.87. The maximum atomic E-state index is 12.8. The zero-order valence-corrected chi connectivity index (χ0v) is 19.7. The molecule has 0 saturated heterocycles. The van der Waals surface area contributed by atoms with Crippen LogP contribution in [0.2, 0.25) is 0 Å². The summed E-state index contributed by atoms with van der Waals surface area (Å²) in [5.41, 5.74) is 6.56. The summed E-state index contributed by atoms with van der Waals surface area (Å²) >= 11 is 0. The van der Waals surface area contributed by atoms with Crippen molar-refractivity contribution in [2.45, 2.75) is 13.8 Å². The third-order valence-corrected chi connectivity index (χ3v) is 5.39. The minimum absolute atomic E-state index is 0.292. The number of esters is 1. The highest BCUT2D eigenvalue weighted by molar-refractivity contribution is 6.02. The molecule has 0 aliphatic heterocycles. The highest BCUT2D eigenvalue weighted by Crippen LogP contribution is 2.29. The van der Waals surface area contributed by atoms with Gasteiger partial charge in [-0.1, -0.05) is 29.8 Å². The van der Waals surface area contributed by atoms with Gasteiger partial charge in [0, 0.05) is 18.0 Å². The minimum Gasteiger partial charge on any atom is -0.493 e. The van der Waals surface area contributed by atoms with Gasteiger partial charge in [-0.05, 0) is 68.4 Å². The number of nitrogens with one attached hydrogen (secondary N) is 1. The summed E-state index contributed by atoms with van der Waals surface area (Å²) in [6.45, 7) is 3.68. The van der Waals surface area contributed by atoms with E-state index in [4.69, 9.17) is 9.47 Å². The highest BCUT2D eigenvalue weighted by Gasteiger charge is 2.15. The SMILES string of the molecule is COc1cc(C(C)=NNC(=O)c2ccccc2-n2cccc2)ccc1OC(=O)c1cccc(C)c1. The molecule has 0 unspecified atom stereocenters. The molecule has 0 atom stereocenters. The van der Waals surface area contributed by atoms with Crippen molar-refractivity contribution < 1.29 is 19.1 Å². The van der Waals surface area contributed by atoms with E-state index in [1.807, 2.05) is 54.2 Å². The van der Waals surface area contributed by atoms with Crippen molar-refractivity contribution in [2.75, 3.05) is 7.11 Å². The van der Waals surface area contributed by atoms with Gasteiger partial charge in [-0.15, -0.1) is 0 Å². The summed E-state index contributed by atoms with van der Waals surface area (Å²) in [7, 11) is 1.50. The lowest BCUT2D eigenvalue weighted by Crippen LogP contribution is -2.21. The molecule has 1 amide bonds. The van der Waals surface area contributed by atoms with E-state index in [0.717, 1.165) is 11.3 Å². The monoisotopic (exact) mass is 467 g/mol. The molecule has 0 fully saturated rings. The van der Waals surface area contributed by atoms with Crippen LogP contribution >= 0.6 is 0 Å². The van der Waals surface area contributed by atoms with Crippen molar-refractivity contribution in [3.63, 3.8) is 0 Å². The smallest absolute Gasteiger partial charge is 0.343 e. The second kappa shape index (κ2) is 10.5. The molecule has 0 radical (unpaired) electrons. The van der Waals surface area contributed by atoms with E-state index in [1.165, 1.54) is 7.11 Å². The molecular formula is C28H25N3O4. The molecule has 0 bridgehead atoms. The zero-order valence-electron chi connectivity index (χ0n) is 19.7. The van der Waals surface area contributed by atoms with Crippen molar-refractivity contribution in [2.24, 2.45) is 5.10 Å². The Kier molecular flexibility index (Phi) is 7.07. The van der Waals surface area contributed by atoms with E-state index < -0.39 is 5.97 Å². The molecule has 0 aliphatic rings. The van der Waals surface area contributed by atoms with E-state index in [9.17, 15) is 9.59 Å². The predicted molar refractivity (Wildman–Crippen MR) is 135 cm³/mol. The van der Waals surface area contributed by atoms with E-state index in [-0.39, 0.29) is 5.91 Å². The van der Waals surface area contributed by atoms with Gasteiger partial charge in [0.25, 0.3) is 5.91 Å². The largest absolute Gasteiger partial charge is 0.493 e. The lowest BCUT2D eigenvalue weighted by atomic mass is 10.1. The molecule has 4 rings (SSSR count). The minimum atomic E-state index is -0.473. The Bertz CT molecular complexity index is 1390. The first-order valence-electron chi connectivity index (χ1n) is 11.0. The van der Waals surface area contributed by atoms with Gasteiger partial charge in [0.05, 0.1) is 29.6 Å². The number of carbonyl (C=O) groups excluding carboxylic acids is 2. The number of aromatic nitrogens is 1. The van der Waals surface area contributed by atoms with Crippen LogP contribution in [0.4, 0.5) is 0 Å². The van der Waals surface area contributed by atoms with Crippen LogP contribution in [0, 0.1) is 6.92 Å². The second-order valence-corrected chi connectivity index (χ2v) is 7.87. The third kappa shape index (κ3) is 5.47. The molecule has 35 heavy (non-hydrogen) atoms. The summed E-state index contributed by atoms with van der Waals surface area (Å²) in [6.07, 6.45) is 3.75. The molecule has 1 heterocycles. The van der Waals surface area contributed by atoms with Gasteiger partial charge < -0.3 is 14.0 Å². The Morgan fingerprint density at radius 1 is 0.857 bits per heavy atom. The van der Waals surface area contributed by atoms with Gasteiger partial charge in [-0.3, -0.25) is 4.79 Å². The van der Waals surface area contributed by atoms with Crippen molar-refractivity contribution in [3.8, 4) is 17.2 Å². The number of para-hydroxylation sites is 1. The Morgan fingerprint density at radius 2 is 1.63 bits per heavy atom. The van der Waals surface area contributed by atoms with Gasteiger partial charge in [0.2, 0.25) is 0 Å². The van der Waals surface area contributed by atoms with Crippen LogP contribution in [0.3, 0.4) is 0 Å². The van der Waals surface area contributed by atoms with Crippen molar-refractivity contribution >= 4 is 17.6 Å². The first-order chi connectivity index (χ1) is 17.0. The number of rotatable bonds is 7. The van der Waals surface area contributed by atoms with Crippen LogP contribution in [0.15, 0.2) is 96.4 Å². The zero-order chi connectivity index (χ0) is 24.8. The van der Waals surface area contributed by atoms with Crippen LogP contribution < -0.4 is 14.9 Å². The third-order valence-electron chi connectivity index (χ3n) is 5.39. The summed E-state index contributed by atoms with van der Waals surface area (Å²) in [4.78, 5) is 25.4. The maximum absolute atomic E-state index is 12.8. The Morgan fingerprint density at radius 3 is 2.37 bits per heavy atom. The van der Waals surface area contributed by atoms with Gasteiger partial charge >= 0.3 is 5.97 Å². The van der Waals surface area contributed by atoms with E-state index in [1.54, 1.807) is 55.5 Å². The van der Waals surface area contributed by atoms with Crippen LogP contribution in [-0.4, -0.2) is 29.3 Å². The Hall–Kier alpha value is -4.65. The number of ether oxygens (including phenoxy) is 2. The van der Waals surface area contributed by atoms with Gasteiger partial charge in [0.1, 0.15) is 0 Å². The van der Waals surface area contributed by atoms with Gasteiger partial charge in [-0.25, -0.2) is 10.2 Å². The Balaban J connectivity index is 1.50. The average Bonchev–Trinajstić information content (AvgIpc) is 3.42. The fourth-order valence-electron chi connectivity index (χ4n) is 3.55. The first kappa shape index (κ1) is 23.5. The molecule has 4 aromatic rings. The molecule has 0 spiro atoms. The van der Waals surface area contributed by atoms with Gasteiger partial charge in [0.15, 0.2) is 11.5 Å². The van der Waals surface area contributed by atoms with Crippen LogP contribution in [-0.2, 0) is 0 Å². The summed E-state index contributed by atoms with van der Waals surface area (Å²) < 4.78 is 12.8. The quantitative estimate of drug-likeness (QED) is 0.176. The maximum Gasteiger partial charge on any atom is 0.343 e. The van der Waals surface area contributed by atoms with Crippen molar-refractivity contribution in [3.05, 3.63) is 114 Å². The van der Waals surface area contributed by atoms with Crippen LogP contribution in [0.1, 0.15) is 38.8 Å². The number of aryl methyl sites for hydroxylation is 1. The van der Waals surface area contributed by atoms with E-state index in [2.05, 4.69) is 10.5 Å². The number of hydrogen-bond donors (Lipinski definition) is 1. The lowest BCUT2D eigenvalue weighted by Gasteiger charge is -2.12. The Labute approximate surface area is 203 Å². The number of nitrogens with zero attached hydrogens (tertiary/aromatic N) is 2. The van der Waals surface area contributed by atoms with Crippen LogP contribution in [0.5, 0.6) is 11.5 Å². The standard InChI is InChI=1S/C28H25N3O4/c1-19-9-8-10-22(17-19)28(33)35-25-14-13-21(18-26(25)34-3)20(2)29-30-27(32)23-11-4-5-12-24(23)31-15-6-7-16-31/h4-18H,1-3H3,(H,30,32). The molecular weight excluding hydrogens is 442 g/mol. The van der Waals surface area contributed by atoms with Crippen molar-refractivity contribution in [1.82, 2.24) is 9.99 Å². The molecule has 1 aromatic heterocycles. The molecule has 0 saturated carbocycles. The summed E-state index contributed by atoms with van der Waals surface area (Å²) in [5.74, 6) is -0.134. The fourth-order valence-corrected chi connectivity index (χ4v) is 3.55. The number of amides is 1. The average molecular weight is 468 g/mol. The topological polar surface area (TPSA) is 81.9 Å². The summed E-state index contributed by atoms with van der Waals surface area (Å²) in [5, 5.41) is 4.26. The number of hydrazone groups is 1. The van der Waals surface area contributed by atoms with Crippen molar-refractivity contribution in [1.29, 1.82) is 0 Å². The predicted octanol–water partition coefficient (Wildman–Crippen LogP) is 5.17. The number of benzene rings is 3. The number of methoxy groups -OCH3 is 1. The van der Waals surface area contributed by atoms with Gasteiger partial charge in [-0.2, -0.15) is 5.10 Å². The fraction of sp³-hybridized carbons (Fsp3) is 0.107. The summed E-state index contributed by atoms with van der Waals surface area (Å²) in [6, 6.07) is 23.4. The molecule has 3 aromatic carbocycles. The molecule has 0 aliphatic carbocycles. The molecule has 1 N–H and O–H groups in total. The number of carbonyl (C=O) groups is 2. The molecule has 7 heteroatoms. The first-order valence-corrected chi connectivity index (χ1v) is 11.0. The lowest BCUT2D eigenvalue weighted by molar-refractivity contribution is 0.0729. The normalized spacial score (nSPS) is 11.1. The number of hydrogen-bond acceptors (Lipinski definition) is 5. The molecule has 176 valence electrons. The van der Waals surface area contributed by atoms with Crippen LogP contribution in [0.25, 0.3) is 5.69 Å². The van der Waals surface area contributed by atoms with E-state index >= 15 is 0 Å².